The summed E-state index contributed by atoms with van der Waals surface area (Å²) in [5.41, 5.74) is 0.713. The van der Waals surface area contributed by atoms with Gasteiger partial charge in [-0.25, -0.2) is 18.3 Å². The number of hydrogen-bond donors (Lipinski definition) is 1. The normalized spacial score (nSPS) is 10.7. The van der Waals surface area contributed by atoms with E-state index < -0.39 is 17.6 Å². The first kappa shape index (κ1) is 14.8. The van der Waals surface area contributed by atoms with Crippen molar-refractivity contribution >= 4 is 5.97 Å². The number of carboxylic acids is 1. The minimum atomic E-state index is -1.26. The lowest BCUT2D eigenvalue weighted by Gasteiger charge is -2.08. The molecular formula is C16H11F2N3O2. The molecule has 0 aliphatic heterocycles. The summed E-state index contributed by atoms with van der Waals surface area (Å²) in [5.74, 6) is -2.20. The minimum Gasteiger partial charge on any atom is -0.476 e. The standard InChI is InChI=1S/C16H11F2N3O2/c17-11-7-5-10(6-8-11)9-14-15(16(22)23)19-20-21(14)13-4-2-1-3-12(13)18/h1-8H,9H2,(H,22,23). The summed E-state index contributed by atoms with van der Waals surface area (Å²) >= 11 is 0. The second-order valence-corrected chi connectivity index (χ2v) is 4.86. The van der Waals surface area contributed by atoms with E-state index in [0.29, 0.717) is 5.56 Å². The second kappa shape index (κ2) is 5.96. The summed E-state index contributed by atoms with van der Waals surface area (Å²) in [6.45, 7) is 0. The predicted molar refractivity (Wildman–Crippen MR) is 77.5 cm³/mol. The molecule has 0 aliphatic rings. The number of rotatable bonds is 4. The third-order valence-corrected chi connectivity index (χ3v) is 3.33. The average molecular weight is 315 g/mol. The van der Waals surface area contributed by atoms with E-state index >= 15 is 0 Å². The van der Waals surface area contributed by atoms with Crippen LogP contribution in [-0.4, -0.2) is 26.1 Å². The minimum absolute atomic E-state index is 0.101. The molecule has 7 heteroatoms. The van der Waals surface area contributed by atoms with Crippen LogP contribution in [0.3, 0.4) is 0 Å². The highest BCUT2D eigenvalue weighted by Crippen LogP contribution is 2.19. The lowest BCUT2D eigenvalue weighted by molar-refractivity contribution is 0.0689. The Morgan fingerprint density at radius 2 is 1.78 bits per heavy atom. The number of para-hydroxylation sites is 1. The number of aromatic nitrogens is 3. The first-order valence-corrected chi connectivity index (χ1v) is 6.73. The van der Waals surface area contributed by atoms with Gasteiger partial charge in [0.15, 0.2) is 5.69 Å². The molecule has 23 heavy (non-hydrogen) atoms. The van der Waals surface area contributed by atoms with Gasteiger partial charge in [0.05, 0.1) is 5.69 Å². The van der Waals surface area contributed by atoms with Gasteiger partial charge in [0.1, 0.15) is 17.3 Å². The van der Waals surface area contributed by atoms with E-state index in [9.17, 15) is 18.7 Å². The van der Waals surface area contributed by atoms with Crippen LogP contribution < -0.4 is 0 Å². The molecule has 0 aliphatic carbocycles. The summed E-state index contributed by atoms with van der Waals surface area (Å²) in [7, 11) is 0. The van der Waals surface area contributed by atoms with E-state index in [0.717, 1.165) is 4.68 Å². The molecule has 0 bridgehead atoms. The molecule has 3 rings (SSSR count). The van der Waals surface area contributed by atoms with Crippen LogP contribution in [0.1, 0.15) is 21.7 Å². The Balaban J connectivity index is 2.10. The van der Waals surface area contributed by atoms with Crippen LogP contribution in [0.2, 0.25) is 0 Å². The largest absolute Gasteiger partial charge is 0.476 e. The fraction of sp³-hybridized carbons (Fsp3) is 0.0625. The molecule has 0 saturated carbocycles. The molecule has 1 N–H and O–H groups in total. The fourth-order valence-electron chi connectivity index (χ4n) is 2.24. The second-order valence-electron chi connectivity index (χ2n) is 4.86. The Hall–Kier alpha value is -3.09. The zero-order chi connectivity index (χ0) is 16.4. The van der Waals surface area contributed by atoms with Gasteiger partial charge in [0, 0.05) is 6.42 Å². The van der Waals surface area contributed by atoms with Crippen molar-refractivity contribution in [3.05, 3.63) is 77.1 Å². The first-order chi connectivity index (χ1) is 11.1. The van der Waals surface area contributed by atoms with E-state index in [4.69, 9.17) is 0 Å². The summed E-state index contributed by atoms with van der Waals surface area (Å²) in [6.07, 6.45) is 0.128. The maximum Gasteiger partial charge on any atom is 0.358 e. The number of hydrogen-bond acceptors (Lipinski definition) is 3. The van der Waals surface area contributed by atoms with E-state index in [1.807, 2.05) is 0 Å². The molecular weight excluding hydrogens is 304 g/mol. The number of halogens is 2. The zero-order valence-electron chi connectivity index (χ0n) is 11.8. The Kier molecular flexibility index (Phi) is 3.84. The number of carbonyl (C=O) groups is 1. The smallest absolute Gasteiger partial charge is 0.358 e. The Morgan fingerprint density at radius 3 is 2.43 bits per heavy atom. The Bertz CT molecular complexity index is 860. The number of benzene rings is 2. The molecule has 5 nitrogen and oxygen atoms in total. The third-order valence-electron chi connectivity index (χ3n) is 3.33. The van der Waals surface area contributed by atoms with Gasteiger partial charge in [-0.3, -0.25) is 0 Å². The van der Waals surface area contributed by atoms with Crippen LogP contribution in [0.25, 0.3) is 5.69 Å². The first-order valence-electron chi connectivity index (χ1n) is 6.73. The summed E-state index contributed by atoms with van der Waals surface area (Å²) < 4.78 is 28.1. The quantitative estimate of drug-likeness (QED) is 0.804. The molecule has 0 unspecified atom stereocenters. The molecule has 0 spiro atoms. The SMILES string of the molecule is O=C(O)c1nnn(-c2ccccc2F)c1Cc1ccc(F)cc1. The van der Waals surface area contributed by atoms with Gasteiger partial charge in [-0.1, -0.05) is 29.5 Å². The van der Waals surface area contributed by atoms with E-state index in [1.54, 1.807) is 6.07 Å². The van der Waals surface area contributed by atoms with Crippen molar-refractivity contribution in [1.29, 1.82) is 0 Å². The molecule has 0 amide bonds. The van der Waals surface area contributed by atoms with Crippen molar-refractivity contribution in [2.45, 2.75) is 6.42 Å². The van der Waals surface area contributed by atoms with Gasteiger partial charge in [0.25, 0.3) is 0 Å². The topological polar surface area (TPSA) is 68.0 Å². The Morgan fingerprint density at radius 1 is 1.09 bits per heavy atom. The highest BCUT2D eigenvalue weighted by molar-refractivity contribution is 5.86. The monoisotopic (exact) mass is 315 g/mol. The molecule has 0 atom stereocenters. The van der Waals surface area contributed by atoms with Crippen molar-refractivity contribution in [2.75, 3.05) is 0 Å². The molecule has 0 saturated heterocycles. The van der Waals surface area contributed by atoms with Gasteiger partial charge >= 0.3 is 5.97 Å². The average Bonchev–Trinajstić information content (AvgIpc) is 2.94. The molecule has 0 radical (unpaired) electrons. The molecule has 0 fully saturated rings. The third kappa shape index (κ3) is 2.94. The predicted octanol–water partition coefficient (Wildman–Crippen LogP) is 2.83. The van der Waals surface area contributed by atoms with E-state index in [2.05, 4.69) is 10.3 Å². The fourth-order valence-corrected chi connectivity index (χ4v) is 2.24. The van der Waals surface area contributed by atoms with Gasteiger partial charge in [-0.15, -0.1) is 5.10 Å². The van der Waals surface area contributed by atoms with Crippen LogP contribution >= 0.6 is 0 Å². The van der Waals surface area contributed by atoms with Crippen LogP contribution in [0.15, 0.2) is 48.5 Å². The molecule has 116 valence electrons. The maximum atomic E-state index is 14.0. The maximum absolute atomic E-state index is 14.0. The number of carboxylic acid groups (broad SMARTS) is 1. The van der Waals surface area contributed by atoms with Crippen molar-refractivity contribution in [3.63, 3.8) is 0 Å². The lowest BCUT2D eigenvalue weighted by atomic mass is 10.1. The summed E-state index contributed by atoms with van der Waals surface area (Å²) in [5, 5.41) is 16.6. The van der Waals surface area contributed by atoms with Gasteiger partial charge in [-0.2, -0.15) is 0 Å². The number of aromatic carboxylic acids is 1. The van der Waals surface area contributed by atoms with Crippen molar-refractivity contribution < 1.29 is 18.7 Å². The molecule has 3 aromatic rings. The summed E-state index contributed by atoms with van der Waals surface area (Å²) in [6, 6.07) is 11.5. The highest BCUT2D eigenvalue weighted by atomic mass is 19.1. The highest BCUT2D eigenvalue weighted by Gasteiger charge is 2.21. The van der Waals surface area contributed by atoms with Crippen LogP contribution in [0.4, 0.5) is 8.78 Å². The van der Waals surface area contributed by atoms with Gasteiger partial charge in [-0.05, 0) is 29.8 Å². The molecule has 2 aromatic carbocycles. The zero-order valence-corrected chi connectivity index (χ0v) is 11.8. The van der Waals surface area contributed by atoms with E-state index in [-0.39, 0.29) is 23.5 Å². The van der Waals surface area contributed by atoms with Crippen LogP contribution in [0.5, 0.6) is 0 Å². The molecule has 1 heterocycles. The van der Waals surface area contributed by atoms with Crippen molar-refractivity contribution in [2.24, 2.45) is 0 Å². The van der Waals surface area contributed by atoms with Gasteiger partial charge in [0.2, 0.25) is 0 Å². The summed E-state index contributed by atoms with van der Waals surface area (Å²) in [4.78, 5) is 11.3. The lowest BCUT2D eigenvalue weighted by Crippen LogP contribution is -2.09. The number of nitrogens with zero attached hydrogens (tertiary/aromatic N) is 3. The molecule has 1 aromatic heterocycles. The Labute approximate surface area is 129 Å². The van der Waals surface area contributed by atoms with Crippen LogP contribution in [0, 0.1) is 11.6 Å². The van der Waals surface area contributed by atoms with Gasteiger partial charge < -0.3 is 5.11 Å². The van der Waals surface area contributed by atoms with Crippen molar-refractivity contribution in [3.8, 4) is 5.69 Å². The van der Waals surface area contributed by atoms with Crippen molar-refractivity contribution in [1.82, 2.24) is 15.0 Å². The van der Waals surface area contributed by atoms with Crippen LogP contribution in [-0.2, 0) is 6.42 Å². The van der Waals surface area contributed by atoms with E-state index in [1.165, 1.54) is 42.5 Å².